The van der Waals surface area contributed by atoms with Crippen LogP contribution in [0.5, 0.6) is 5.75 Å². The molecule has 1 aliphatic rings. The van der Waals surface area contributed by atoms with Gasteiger partial charge in [0.25, 0.3) is 5.91 Å². The average Bonchev–Trinajstić information content (AvgIpc) is 2.99. The highest BCUT2D eigenvalue weighted by molar-refractivity contribution is 6.31. The summed E-state index contributed by atoms with van der Waals surface area (Å²) in [6, 6.07) is 15.2. The zero-order valence-electron chi connectivity index (χ0n) is 15.8. The molecule has 0 spiro atoms. The van der Waals surface area contributed by atoms with Crippen LogP contribution in [0, 0.1) is 0 Å². The average molecular weight is 387 g/mol. The number of nitrogens with one attached hydrogen (secondary N) is 1. The topological polar surface area (TPSA) is 41.6 Å². The standard InChI is InChI=1S/C22H27ClN2O2/c1-27-18-10-8-9-17(15-18)22(26)24-16-21(19-11-4-5-12-20(19)23)25-13-6-2-3-7-14-25/h4-5,8-12,15,21H,2-3,6-7,13-14,16H2,1H3,(H,24,26)/t21-/m0/s1. The van der Waals surface area contributed by atoms with E-state index in [2.05, 4.69) is 16.3 Å². The summed E-state index contributed by atoms with van der Waals surface area (Å²) in [4.78, 5) is 15.1. The summed E-state index contributed by atoms with van der Waals surface area (Å²) in [5.41, 5.74) is 1.68. The van der Waals surface area contributed by atoms with Crippen molar-refractivity contribution >= 4 is 17.5 Å². The molecule has 27 heavy (non-hydrogen) atoms. The second-order valence-electron chi connectivity index (χ2n) is 6.93. The van der Waals surface area contributed by atoms with Crippen LogP contribution in [0.4, 0.5) is 0 Å². The third kappa shape index (κ3) is 5.24. The number of likely N-dealkylation sites (tertiary alicyclic amines) is 1. The maximum absolute atomic E-state index is 12.7. The van der Waals surface area contributed by atoms with Gasteiger partial charge in [-0.1, -0.05) is 48.7 Å². The first-order valence-electron chi connectivity index (χ1n) is 9.60. The van der Waals surface area contributed by atoms with E-state index in [-0.39, 0.29) is 11.9 Å². The summed E-state index contributed by atoms with van der Waals surface area (Å²) >= 11 is 6.49. The number of hydrogen-bond acceptors (Lipinski definition) is 3. The zero-order valence-corrected chi connectivity index (χ0v) is 16.5. The molecule has 1 fully saturated rings. The van der Waals surface area contributed by atoms with Crippen LogP contribution >= 0.6 is 11.6 Å². The maximum Gasteiger partial charge on any atom is 0.251 e. The lowest BCUT2D eigenvalue weighted by Crippen LogP contribution is -2.38. The van der Waals surface area contributed by atoms with Gasteiger partial charge in [0.1, 0.15) is 5.75 Å². The Morgan fingerprint density at radius 3 is 2.56 bits per heavy atom. The van der Waals surface area contributed by atoms with Gasteiger partial charge in [0.2, 0.25) is 0 Å². The number of rotatable bonds is 6. The molecule has 1 heterocycles. The van der Waals surface area contributed by atoms with Crippen LogP contribution in [0.3, 0.4) is 0 Å². The van der Waals surface area contributed by atoms with E-state index in [4.69, 9.17) is 16.3 Å². The number of ether oxygens (including phenoxy) is 1. The Bertz CT molecular complexity index is 757. The lowest BCUT2D eigenvalue weighted by molar-refractivity contribution is 0.0933. The minimum Gasteiger partial charge on any atom is -0.497 e. The Morgan fingerprint density at radius 2 is 1.85 bits per heavy atom. The van der Waals surface area contributed by atoms with Crippen molar-refractivity contribution in [1.82, 2.24) is 10.2 Å². The molecule has 1 aliphatic heterocycles. The molecular formula is C22H27ClN2O2. The van der Waals surface area contributed by atoms with E-state index in [1.165, 1.54) is 25.7 Å². The molecule has 0 radical (unpaired) electrons. The summed E-state index contributed by atoms with van der Waals surface area (Å²) in [5.74, 6) is 0.582. The van der Waals surface area contributed by atoms with E-state index in [0.717, 1.165) is 23.7 Å². The highest BCUT2D eigenvalue weighted by atomic mass is 35.5. The van der Waals surface area contributed by atoms with E-state index >= 15 is 0 Å². The van der Waals surface area contributed by atoms with Crippen molar-refractivity contribution in [1.29, 1.82) is 0 Å². The van der Waals surface area contributed by atoms with Crippen molar-refractivity contribution in [2.75, 3.05) is 26.7 Å². The van der Waals surface area contributed by atoms with Gasteiger partial charge in [-0.15, -0.1) is 0 Å². The van der Waals surface area contributed by atoms with Gasteiger partial charge in [-0.25, -0.2) is 0 Å². The molecule has 1 N–H and O–H groups in total. The Balaban J connectivity index is 1.76. The van der Waals surface area contributed by atoms with Gasteiger partial charge in [0.05, 0.1) is 13.2 Å². The number of carbonyl (C=O) groups excluding carboxylic acids is 1. The van der Waals surface area contributed by atoms with E-state index in [9.17, 15) is 4.79 Å². The molecule has 0 unspecified atom stereocenters. The second-order valence-corrected chi connectivity index (χ2v) is 7.34. The minimum absolute atomic E-state index is 0.0753. The van der Waals surface area contributed by atoms with Gasteiger partial charge in [-0.3, -0.25) is 9.69 Å². The molecule has 0 saturated carbocycles. The van der Waals surface area contributed by atoms with Crippen LogP contribution in [0.15, 0.2) is 48.5 Å². The zero-order chi connectivity index (χ0) is 19.1. The Kier molecular flexibility index (Phi) is 7.13. The van der Waals surface area contributed by atoms with Gasteiger partial charge in [-0.2, -0.15) is 0 Å². The second kappa shape index (κ2) is 9.77. The molecule has 2 aromatic carbocycles. The molecular weight excluding hydrogens is 360 g/mol. The number of halogens is 1. The molecule has 144 valence electrons. The van der Waals surface area contributed by atoms with Crippen molar-refractivity contribution < 1.29 is 9.53 Å². The molecule has 0 aromatic heterocycles. The molecule has 5 heteroatoms. The summed E-state index contributed by atoms with van der Waals surface area (Å²) in [6.45, 7) is 2.59. The quantitative estimate of drug-likeness (QED) is 0.782. The molecule has 0 bridgehead atoms. The van der Waals surface area contributed by atoms with Crippen molar-refractivity contribution in [3.8, 4) is 5.75 Å². The van der Waals surface area contributed by atoms with Gasteiger partial charge in [-0.05, 0) is 55.8 Å². The van der Waals surface area contributed by atoms with Gasteiger partial charge in [0.15, 0.2) is 0 Å². The summed E-state index contributed by atoms with van der Waals surface area (Å²) in [5, 5.41) is 3.85. The number of methoxy groups -OCH3 is 1. The monoisotopic (exact) mass is 386 g/mol. The fourth-order valence-corrected chi connectivity index (χ4v) is 3.91. The van der Waals surface area contributed by atoms with E-state index in [1.807, 2.05) is 30.3 Å². The Hall–Kier alpha value is -2.04. The van der Waals surface area contributed by atoms with Gasteiger partial charge < -0.3 is 10.1 Å². The molecule has 2 aromatic rings. The number of nitrogens with zero attached hydrogens (tertiary/aromatic N) is 1. The fourth-order valence-electron chi connectivity index (χ4n) is 3.64. The molecule has 0 aliphatic carbocycles. The van der Waals surface area contributed by atoms with E-state index in [0.29, 0.717) is 17.9 Å². The van der Waals surface area contributed by atoms with Crippen LogP contribution in [-0.2, 0) is 0 Å². The van der Waals surface area contributed by atoms with Crippen molar-refractivity contribution in [2.24, 2.45) is 0 Å². The highest BCUT2D eigenvalue weighted by Gasteiger charge is 2.24. The van der Waals surface area contributed by atoms with Crippen molar-refractivity contribution in [2.45, 2.75) is 31.7 Å². The minimum atomic E-state index is -0.0965. The van der Waals surface area contributed by atoms with Crippen LogP contribution < -0.4 is 10.1 Å². The van der Waals surface area contributed by atoms with Crippen LogP contribution in [0.25, 0.3) is 0 Å². The third-order valence-electron chi connectivity index (χ3n) is 5.13. The largest absolute Gasteiger partial charge is 0.497 e. The normalized spacial score (nSPS) is 16.4. The third-order valence-corrected chi connectivity index (χ3v) is 5.48. The predicted molar refractivity (Wildman–Crippen MR) is 110 cm³/mol. The summed E-state index contributed by atoms with van der Waals surface area (Å²) < 4.78 is 5.22. The van der Waals surface area contributed by atoms with Crippen molar-refractivity contribution in [3.05, 3.63) is 64.7 Å². The lowest BCUT2D eigenvalue weighted by atomic mass is 10.0. The molecule has 1 atom stereocenters. The van der Waals surface area contributed by atoms with Crippen LogP contribution in [0.1, 0.15) is 47.6 Å². The first-order chi connectivity index (χ1) is 13.2. The van der Waals surface area contributed by atoms with Gasteiger partial charge >= 0.3 is 0 Å². The molecule has 4 nitrogen and oxygen atoms in total. The van der Waals surface area contributed by atoms with Crippen molar-refractivity contribution in [3.63, 3.8) is 0 Å². The van der Waals surface area contributed by atoms with E-state index in [1.54, 1.807) is 19.2 Å². The molecule has 1 amide bonds. The SMILES string of the molecule is COc1cccc(C(=O)NC[C@@H](c2ccccc2Cl)N2CCCCCC2)c1. The van der Waals surface area contributed by atoms with Crippen LogP contribution in [-0.4, -0.2) is 37.6 Å². The maximum atomic E-state index is 12.7. The lowest BCUT2D eigenvalue weighted by Gasteiger charge is -2.31. The predicted octanol–water partition coefficient (Wildman–Crippen LogP) is 4.70. The van der Waals surface area contributed by atoms with Crippen LogP contribution in [0.2, 0.25) is 5.02 Å². The number of carbonyl (C=O) groups is 1. The number of benzene rings is 2. The van der Waals surface area contributed by atoms with Gasteiger partial charge in [0, 0.05) is 17.1 Å². The summed E-state index contributed by atoms with van der Waals surface area (Å²) in [6.07, 6.45) is 4.90. The Morgan fingerprint density at radius 1 is 1.11 bits per heavy atom. The summed E-state index contributed by atoms with van der Waals surface area (Å²) in [7, 11) is 1.60. The highest BCUT2D eigenvalue weighted by Crippen LogP contribution is 2.29. The first kappa shape index (κ1) is 19.7. The fraction of sp³-hybridized carbons (Fsp3) is 0.409. The van der Waals surface area contributed by atoms with E-state index < -0.39 is 0 Å². The number of hydrogen-bond donors (Lipinski definition) is 1. The number of amides is 1. The first-order valence-corrected chi connectivity index (χ1v) is 9.97. The molecule has 1 saturated heterocycles. The molecule has 3 rings (SSSR count). The smallest absolute Gasteiger partial charge is 0.251 e. The Labute approximate surface area is 166 Å².